The number of pyridine rings is 1. The van der Waals surface area contributed by atoms with Crippen LogP contribution in [0.25, 0.3) is 0 Å². The van der Waals surface area contributed by atoms with E-state index in [1.54, 1.807) is 18.3 Å². The summed E-state index contributed by atoms with van der Waals surface area (Å²) in [5, 5.41) is 2.76. The Morgan fingerprint density at radius 1 is 1.33 bits per heavy atom. The number of anilines is 2. The molecule has 0 unspecified atom stereocenters. The minimum absolute atomic E-state index is 0.135. The molecule has 108 valence electrons. The Morgan fingerprint density at radius 2 is 2.05 bits per heavy atom. The molecule has 2 heterocycles. The first-order valence-electron chi connectivity index (χ1n) is 6.17. The molecule has 21 heavy (non-hydrogen) atoms. The molecule has 0 bridgehead atoms. The molecule has 1 aromatic heterocycles. The summed E-state index contributed by atoms with van der Waals surface area (Å²) in [5.41, 5.74) is 8.07. The number of carbonyl (C=O) groups is 1. The summed E-state index contributed by atoms with van der Waals surface area (Å²) in [6.45, 7) is 2.03. The minimum Gasteiger partial charge on any atom is -0.454 e. The Bertz CT molecular complexity index is 734. The SMILES string of the molecule is Cc1cc(NC(=O)c2cc3c(cc2N)OCO3)cnc1Br. The molecular weight excluding hydrogens is 338 g/mol. The van der Waals surface area contributed by atoms with E-state index in [4.69, 9.17) is 15.2 Å². The van der Waals surface area contributed by atoms with Crippen molar-refractivity contribution in [3.63, 3.8) is 0 Å². The molecule has 0 fully saturated rings. The first kappa shape index (κ1) is 13.7. The van der Waals surface area contributed by atoms with Crippen LogP contribution in [0.1, 0.15) is 15.9 Å². The van der Waals surface area contributed by atoms with Gasteiger partial charge in [0, 0.05) is 11.8 Å². The predicted molar refractivity (Wildman–Crippen MR) is 81.6 cm³/mol. The summed E-state index contributed by atoms with van der Waals surface area (Å²) in [5.74, 6) is 0.735. The lowest BCUT2D eigenvalue weighted by Crippen LogP contribution is -2.14. The zero-order chi connectivity index (χ0) is 15.0. The van der Waals surface area contributed by atoms with Gasteiger partial charge in [0.05, 0.1) is 17.4 Å². The summed E-state index contributed by atoms with van der Waals surface area (Å²) in [4.78, 5) is 16.4. The number of aromatic nitrogens is 1. The smallest absolute Gasteiger partial charge is 0.257 e. The van der Waals surface area contributed by atoms with E-state index in [0.717, 1.165) is 10.2 Å². The van der Waals surface area contributed by atoms with Crippen molar-refractivity contribution in [3.05, 3.63) is 40.1 Å². The monoisotopic (exact) mass is 349 g/mol. The quantitative estimate of drug-likeness (QED) is 0.642. The Morgan fingerprint density at radius 3 is 2.76 bits per heavy atom. The van der Waals surface area contributed by atoms with E-state index in [9.17, 15) is 4.79 Å². The molecule has 1 amide bonds. The van der Waals surface area contributed by atoms with Crippen LogP contribution in [0.4, 0.5) is 11.4 Å². The number of aryl methyl sites for hydroxylation is 1. The van der Waals surface area contributed by atoms with Crippen LogP contribution in [0.5, 0.6) is 11.5 Å². The molecule has 3 N–H and O–H groups in total. The zero-order valence-corrected chi connectivity index (χ0v) is 12.7. The number of hydrogen-bond donors (Lipinski definition) is 2. The van der Waals surface area contributed by atoms with Gasteiger partial charge in [-0.1, -0.05) is 0 Å². The van der Waals surface area contributed by atoms with Gasteiger partial charge in [0.15, 0.2) is 11.5 Å². The fraction of sp³-hybridized carbons (Fsp3) is 0.143. The molecule has 0 saturated carbocycles. The predicted octanol–water partition coefficient (Wildman–Crippen LogP) is 2.72. The number of fused-ring (bicyclic) bond motifs is 1. The van der Waals surface area contributed by atoms with Crippen LogP contribution in [0.15, 0.2) is 29.0 Å². The van der Waals surface area contributed by atoms with Crippen LogP contribution in [0.2, 0.25) is 0 Å². The molecule has 0 spiro atoms. The van der Waals surface area contributed by atoms with Gasteiger partial charge in [0.2, 0.25) is 6.79 Å². The molecule has 0 radical (unpaired) electrons. The normalized spacial score (nSPS) is 12.3. The Balaban J connectivity index is 1.87. The topological polar surface area (TPSA) is 86.5 Å². The Kier molecular flexibility index (Phi) is 3.42. The Labute approximate surface area is 129 Å². The number of halogens is 1. The van der Waals surface area contributed by atoms with Gasteiger partial charge in [-0.2, -0.15) is 0 Å². The summed E-state index contributed by atoms with van der Waals surface area (Å²) in [6.07, 6.45) is 1.57. The number of benzene rings is 1. The molecule has 6 nitrogen and oxygen atoms in total. The van der Waals surface area contributed by atoms with Crippen LogP contribution in [0, 0.1) is 6.92 Å². The minimum atomic E-state index is -0.325. The van der Waals surface area contributed by atoms with Gasteiger partial charge in [-0.05, 0) is 40.5 Å². The van der Waals surface area contributed by atoms with Gasteiger partial charge < -0.3 is 20.5 Å². The van der Waals surface area contributed by atoms with Gasteiger partial charge in [-0.25, -0.2) is 4.98 Å². The fourth-order valence-electron chi connectivity index (χ4n) is 1.98. The summed E-state index contributed by atoms with van der Waals surface area (Å²) < 4.78 is 11.2. The van der Waals surface area contributed by atoms with E-state index in [1.165, 1.54) is 0 Å². The molecule has 3 rings (SSSR count). The maximum absolute atomic E-state index is 12.3. The standard InChI is InChI=1S/C14H12BrN3O3/c1-7-2-8(5-17-13(7)15)18-14(19)9-3-11-12(4-10(9)16)21-6-20-11/h2-5H,6,16H2,1H3,(H,18,19). The maximum atomic E-state index is 12.3. The zero-order valence-electron chi connectivity index (χ0n) is 11.1. The van der Waals surface area contributed by atoms with E-state index in [0.29, 0.717) is 28.4 Å². The number of carbonyl (C=O) groups excluding carboxylic acids is 1. The number of nitrogens with two attached hydrogens (primary N) is 1. The maximum Gasteiger partial charge on any atom is 0.257 e. The van der Waals surface area contributed by atoms with E-state index in [2.05, 4.69) is 26.2 Å². The van der Waals surface area contributed by atoms with Crippen molar-refractivity contribution in [1.82, 2.24) is 4.98 Å². The first-order chi connectivity index (χ1) is 10.0. The van der Waals surface area contributed by atoms with Gasteiger partial charge in [0.1, 0.15) is 4.60 Å². The number of ether oxygens (including phenoxy) is 2. The number of nitrogens with zero attached hydrogens (tertiary/aromatic N) is 1. The van der Waals surface area contributed by atoms with Crippen molar-refractivity contribution in [2.45, 2.75) is 6.92 Å². The Hall–Kier alpha value is -2.28. The summed E-state index contributed by atoms with van der Waals surface area (Å²) >= 11 is 3.31. The average molecular weight is 350 g/mol. The third-order valence-electron chi connectivity index (χ3n) is 3.06. The van der Waals surface area contributed by atoms with Crippen molar-refractivity contribution in [2.24, 2.45) is 0 Å². The van der Waals surface area contributed by atoms with Crippen molar-refractivity contribution in [1.29, 1.82) is 0 Å². The summed E-state index contributed by atoms with van der Waals surface area (Å²) in [7, 11) is 0. The number of hydrogen-bond acceptors (Lipinski definition) is 5. The molecule has 2 aromatic rings. The highest BCUT2D eigenvalue weighted by atomic mass is 79.9. The van der Waals surface area contributed by atoms with E-state index >= 15 is 0 Å². The number of nitrogens with one attached hydrogen (secondary N) is 1. The number of amides is 1. The van der Waals surface area contributed by atoms with E-state index in [1.807, 2.05) is 13.0 Å². The second-order valence-electron chi connectivity index (χ2n) is 4.58. The molecule has 0 atom stereocenters. The van der Waals surface area contributed by atoms with Crippen molar-refractivity contribution >= 4 is 33.2 Å². The lowest BCUT2D eigenvalue weighted by Gasteiger charge is -2.09. The van der Waals surface area contributed by atoms with E-state index in [-0.39, 0.29) is 12.7 Å². The van der Waals surface area contributed by atoms with Gasteiger partial charge in [0.25, 0.3) is 5.91 Å². The molecule has 0 aliphatic carbocycles. The highest BCUT2D eigenvalue weighted by molar-refractivity contribution is 9.10. The lowest BCUT2D eigenvalue weighted by atomic mass is 10.1. The highest BCUT2D eigenvalue weighted by Crippen LogP contribution is 2.36. The van der Waals surface area contributed by atoms with E-state index < -0.39 is 0 Å². The molecule has 7 heteroatoms. The van der Waals surface area contributed by atoms with Crippen LogP contribution >= 0.6 is 15.9 Å². The van der Waals surface area contributed by atoms with Crippen LogP contribution in [0.3, 0.4) is 0 Å². The van der Waals surface area contributed by atoms with Crippen molar-refractivity contribution in [2.75, 3.05) is 17.8 Å². The molecular formula is C14H12BrN3O3. The third-order valence-corrected chi connectivity index (χ3v) is 3.89. The van der Waals surface area contributed by atoms with Gasteiger partial charge >= 0.3 is 0 Å². The van der Waals surface area contributed by atoms with Crippen molar-refractivity contribution in [3.8, 4) is 11.5 Å². The largest absolute Gasteiger partial charge is 0.454 e. The number of nitrogen functional groups attached to an aromatic ring is 1. The second kappa shape index (κ2) is 5.25. The first-order valence-corrected chi connectivity index (χ1v) is 6.96. The highest BCUT2D eigenvalue weighted by Gasteiger charge is 2.19. The molecule has 1 aliphatic heterocycles. The molecule has 0 saturated heterocycles. The second-order valence-corrected chi connectivity index (χ2v) is 5.33. The van der Waals surface area contributed by atoms with Crippen LogP contribution in [-0.4, -0.2) is 17.7 Å². The molecule has 1 aromatic carbocycles. The van der Waals surface area contributed by atoms with Gasteiger partial charge in [-0.3, -0.25) is 4.79 Å². The average Bonchev–Trinajstić information content (AvgIpc) is 2.89. The third kappa shape index (κ3) is 2.64. The van der Waals surface area contributed by atoms with Gasteiger partial charge in [-0.15, -0.1) is 0 Å². The van der Waals surface area contributed by atoms with Crippen LogP contribution < -0.4 is 20.5 Å². The number of rotatable bonds is 2. The van der Waals surface area contributed by atoms with Crippen molar-refractivity contribution < 1.29 is 14.3 Å². The fourth-order valence-corrected chi connectivity index (χ4v) is 2.20. The van der Waals surface area contributed by atoms with Crippen LogP contribution in [-0.2, 0) is 0 Å². The summed E-state index contributed by atoms with van der Waals surface area (Å²) in [6, 6.07) is 4.98. The molecule has 1 aliphatic rings. The lowest BCUT2D eigenvalue weighted by molar-refractivity contribution is 0.102.